The molecule has 4 heterocycles. The zero-order chi connectivity index (χ0) is 45.8. The van der Waals surface area contributed by atoms with E-state index in [2.05, 4.69) is 27.7 Å². The first kappa shape index (κ1) is 48.2. The Kier molecular flexibility index (Phi) is 13.3. The van der Waals surface area contributed by atoms with Crippen LogP contribution in [-0.4, -0.2) is 169 Å². The van der Waals surface area contributed by atoms with Crippen molar-refractivity contribution in [3.8, 4) is 0 Å². The summed E-state index contributed by atoms with van der Waals surface area (Å²) in [6, 6.07) is 0. The maximum Gasteiger partial charge on any atom is 0.187 e. The van der Waals surface area contributed by atoms with E-state index in [-0.39, 0.29) is 53.8 Å². The van der Waals surface area contributed by atoms with E-state index in [0.29, 0.717) is 19.3 Å². The Labute approximate surface area is 370 Å². The van der Waals surface area contributed by atoms with Gasteiger partial charge in [0, 0.05) is 11.8 Å². The van der Waals surface area contributed by atoms with Crippen LogP contribution in [0.4, 0.5) is 0 Å². The van der Waals surface area contributed by atoms with Gasteiger partial charge in [-0.05, 0) is 112 Å². The van der Waals surface area contributed by atoms with E-state index >= 15 is 0 Å². The molecule has 17 heteroatoms. The summed E-state index contributed by atoms with van der Waals surface area (Å²) in [7, 11) is 0. The van der Waals surface area contributed by atoms with E-state index in [9.17, 15) is 50.8 Å². The van der Waals surface area contributed by atoms with Crippen LogP contribution in [0.25, 0.3) is 0 Å². The predicted molar refractivity (Wildman–Crippen MR) is 220 cm³/mol. The maximum atomic E-state index is 13.9. The number of ether oxygens (including phenoxy) is 7. The number of aliphatic hydroxyl groups excluding tert-OH is 8. The summed E-state index contributed by atoms with van der Waals surface area (Å²) < 4.78 is 42.7. The van der Waals surface area contributed by atoms with Crippen LogP contribution in [0.5, 0.6) is 0 Å². The smallest absolute Gasteiger partial charge is 0.187 e. The van der Waals surface area contributed by atoms with Gasteiger partial charge in [-0.25, -0.2) is 0 Å². The average Bonchev–Trinajstić information content (AvgIpc) is 3.73. The van der Waals surface area contributed by atoms with Crippen LogP contribution in [0.2, 0.25) is 0 Å². The minimum atomic E-state index is -1.73. The van der Waals surface area contributed by atoms with Crippen LogP contribution >= 0.6 is 0 Å². The van der Waals surface area contributed by atoms with E-state index in [1.54, 1.807) is 0 Å². The van der Waals surface area contributed by atoms with Crippen LogP contribution in [-0.2, 0) is 38.0 Å². The molecule has 0 bridgehead atoms. The zero-order valence-electron chi connectivity index (χ0n) is 37.8. The lowest BCUT2D eigenvalue weighted by Gasteiger charge is -2.69. The molecule has 0 unspecified atom stereocenters. The third-order valence-electron chi connectivity index (χ3n) is 18.1. The number of carbonyl (C=O) groups excluding carboxylic acids is 1. The number of allylic oxidation sites excluding steroid dienone is 1. The Hall–Kier alpha value is -1.23. The fraction of sp³-hybridized carbons (Fsp3) is 0.935. The highest BCUT2D eigenvalue weighted by Gasteiger charge is 2.72. The summed E-state index contributed by atoms with van der Waals surface area (Å²) in [5.41, 5.74) is -2.02. The molecule has 0 spiro atoms. The molecule has 0 amide bonds. The summed E-state index contributed by atoms with van der Waals surface area (Å²) >= 11 is 0. The van der Waals surface area contributed by atoms with Crippen LogP contribution < -0.4 is 0 Å². The minimum absolute atomic E-state index is 0.0544. The van der Waals surface area contributed by atoms with E-state index in [4.69, 9.17) is 33.2 Å². The summed E-state index contributed by atoms with van der Waals surface area (Å²) in [6.07, 6.45) is -11.7. The van der Waals surface area contributed by atoms with E-state index in [1.165, 1.54) is 13.2 Å². The number of rotatable bonds is 9. The molecule has 4 aliphatic carbocycles. The van der Waals surface area contributed by atoms with Crippen LogP contribution in [0.3, 0.4) is 0 Å². The number of carbonyl (C=O) groups is 1. The largest absolute Gasteiger partial charge is 0.388 e. The summed E-state index contributed by atoms with van der Waals surface area (Å²) in [6.45, 7) is 13.7. The van der Waals surface area contributed by atoms with Crippen molar-refractivity contribution in [2.75, 3.05) is 13.2 Å². The van der Waals surface area contributed by atoms with Gasteiger partial charge in [-0.1, -0.05) is 39.3 Å². The quantitative estimate of drug-likeness (QED) is 0.0881. The highest BCUT2D eigenvalue weighted by Crippen LogP contribution is 2.76. The molecule has 63 heavy (non-hydrogen) atoms. The van der Waals surface area contributed by atoms with Crippen molar-refractivity contribution in [2.45, 2.75) is 210 Å². The van der Waals surface area contributed by atoms with Crippen LogP contribution in [0.1, 0.15) is 106 Å². The van der Waals surface area contributed by atoms with Crippen molar-refractivity contribution in [3.05, 3.63) is 11.6 Å². The van der Waals surface area contributed by atoms with Gasteiger partial charge in [0.15, 0.2) is 25.2 Å². The minimum Gasteiger partial charge on any atom is -0.388 e. The lowest BCUT2D eigenvalue weighted by Crippen LogP contribution is -2.67. The molecular formula is C46H74O17. The molecule has 24 atom stereocenters. The van der Waals surface area contributed by atoms with Gasteiger partial charge in [-0.15, -0.1) is 0 Å². The van der Waals surface area contributed by atoms with E-state index in [1.807, 2.05) is 19.9 Å². The fourth-order valence-electron chi connectivity index (χ4n) is 14.5. The molecule has 4 aliphatic heterocycles. The van der Waals surface area contributed by atoms with Gasteiger partial charge in [-0.2, -0.15) is 0 Å². The maximum absolute atomic E-state index is 13.9. The van der Waals surface area contributed by atoms with Gasteiger partial charge in [0.1, 0.15) is 66.8 Å². The number of aldehydes is 1. The van der Waals surface area contributed by atoms with Gasteiger partial charge in [0.05, 0.1) is 31.5 Å². The van der Waals surface area contributed by atoms with Gasteiger partial charge in [0.2, 0.25) is 0 Å². The molecule has 0 radical (unpaired) electrons. The van der Waals surface area contributed by atoms with Crippen LogP contribution in [0, 0.1) is 45.3 Å². The highest BCUT2D eigenvalue weighted by atomic mass is 16.8. The number of hydrogen-bond acceptors (Lipinski definition) is 17. The third-order valence-corrected chi connectivity index (χ3v) is 18.1. The average molecular weight is 899 g/mol. The van der Waals surface area contributed by atoms with E-state index < -0.39 is 109 Å². The monoisotopic (exact) mass is 898 g/mol. The molecule has 360 valence electrons. The lowest BCUT2D eigenvalue weighted by molar-refractivity contribution is -0.383. The Morgan fingerprint density at radius 1 is 0.635 bits per heavy atom. The molecule has 0 aromatic heterocycles. The number of fused-ring (bicyclic) bond motifs is 5. The molecule has 17 nitrogen and oxygen atoms in total. The molecule has 8 aliphatic rings. The summed E-state index contributed by atoms with van der Waals surface area (Å²) in [4.78, 5) is 13.9. The molecular weight excluding hydrogens is 824 g/mol. The fourth-order valence-corrected chi connectivity index (χ4v) is 14.5. The second-order valence-electron chi connectivity index (χ2n) is 21.9. The van der Waals surface area contributed by atoms with Gasteiger partial charge in [0.25, 0.3) is 0 Å². The molecule has 0 aromatic rings. The highest BCUT2D eigenvalue weighted by molar-refractivity contribution is 5.62. The molecule has 4 saturated heterocycles. The lowest BCUT2D eigenvalue weighted by atomic mass is 9.35. The second kappa shape index (κ2) is 17.4. The molecule has 4 saturated carbocycles. The molecule has 8 rings (SSSR count). The number of aliphatic hydroxyl groups is 9. The first-order valence-electron chi connectivity index (χ1n) is 23.3. The van der Waals surface area contributed by atoms with Crippen molar-refractivity contribution in [2.24, 2.45) is 45.3 Å². The molecule has 0 aromatic carbocycles. The summed E-state index contributed by atoms with van der Waals surface area (Å²) in [5.74, 6) is -0.0527. The van der Waals surface area contributed by atoms with Gasteiger partial charge >= 0.3 is 0 Å². The number of hydrogen-bond donors (Lipinski definition) is 9. The normalized spacial score (nSPS) is 55.6. The van der Waals surface area contributed by atoms with Gasteiger partial charge in [-0.3, -0.25) is 0 Å². The topological polar surface area (TPSA) is 264 Å². The van der Waals surface area contributed by atoms with Crippen molar-refractivity contribution < 1.29 is 83.9 Å². The Morgan fingerprint density at radius 2 is 1.29 bits per heavy atom. The van der Waals surface area contributed by atoms with Crippen molar-refractivity contribution >= 4 is 6.29 Å². The first-order valence-corrected chi connectivity index (χ1v) is 23.3. The SMILES string of the molecule is CC(C)=C[C@@H]1C[C@@](O)([C@@H]2CC[C@@]3(C)[C@@H]2CC[C@H]2[C@]4(C=O)CC[C@@H](O[C@@H]5OC[C@H](O)[C@H](O[C@@H]6OC[C@H](O)[C@H](O)[C@@H]6O)[C@@H]5O[C@@H]5O[C@H](C)[C@H](O)[C@H](O)[C@@H]5O)C(C)(C)[C@H]4CC[C@@]23C)[C@H](O)O1. The van der Waals surface area contributed by atoms with E-state index in [0.717, 1.165) is 44.1 Å². The third kappa shape index (κ3) is 7.73. The standard InChI is InChI=1S/C46H74O17/c1-21(2)16-23-17-46(56,41(55)60-23)25-10-13-43(6)24(25)8-9-29-44(43,7)14-11-28-42(4,5)30(12-15-45(28,29)20-47)61-40-37(63-39-35(54)33(52)31(50)22(3)59-39)36(27(49)19-58-40)62-38-34(53)32(51)26(48)18-57-38/h16,20,22-41,48-56H,8-15,17-19H2,1-7H3/t22-,23-,24-,25-,26+,27+,28-,29-,30-,31+,32+,33+,34+,35+,36+,37+,38+,39+,40+,41-,43+,44+,45+,46-/m1/s1. The van der Waals surface area contributed by atoms with Gasteiger partial charge < -0.3 is 83.9 Å². The first-order chi connectivity index (χ1) is 29.5. The zero-order valence-corrected chi connectivity index (χ0v) is 37.8. The molecule has 9 N–H and O–H groups in total. The Balaban J connectivity index is 1.04. The second-order valence-corrected chi connectivity index (χ2v) is 21.9. The van der Waals surface area contributed by atoms with Crippen molar-refractivity contribution in [1.82, 2.24) is 0 Å². The Bertz CT molecular complexity index is 1680. The van der Waals surface area contributed by atoms with Crippen LogP contribution in [0.15, 0.2) is 11.6 Å². The van der Waals surface area contributed by atoms with Crippen molar-refractivity contribution in [3.63, 3.8) is 0 Å². The predicted octanol–water partition coefficient (Wildman–Crippen LogP) is 0.794. The Morgan fingerprint density at radius 3 is 1.98 bits per heavy atom. The molecule has 8 fully saturated rings. The summed E-state index contributed by atoms with van der Waals surface area (Å²) in [5, 5.41) is 98.1. The van der Waals surface area contributed by atoms with Crippen molar-refractivity contribution in [1.29, 1.82) is 0 Å².